The molecule has 0 saturated heterocycles. The summed E-state index contributed by atoms with van der Waals surface area (Å²) < 4.78 is 29.9. The summed E-state index contributed by atoms with van der Waals surface area (Å²) >= 11 is 0. The van der Waals surface area contributed by atoms with Crippen molar-refractivity contribution < 1.29 is 58.3 Å². The molecule has 0 unspecified atom stereocenters. The molecule has 2 heterocycles. The van der Waals surface area contributed by atoms with Gasteiger partial charge in [0.25, 0.3) is 0 Å². The first-order valence-electron chi connectivity index (χ1n) is 15.8. The molecule has 2 aliphatic carbocycles. The minimum absolute atomic E-state index is 0. The molecule has 0 saturated carbocycles. The summed E-state index contributed by atoms with van der Waals surface area (Å²) in [5.41, 5.74) is 7.97. The Kier molecular flexibility index (Phi) is 10.6. The van der Waals surface area contributed by atoms with Crippen LogP contribution in [0.2, 0.25) is 0 Å². The zero-order valence-corrected chi connectivity index (χ0v) is 31.2. The summed E-state index contributed by atoms with van der Waals surface area (Å²) in [4.78, 5) is 11.6. The molecule has 1 N–H and O–H groups in total. The van der Waals surface area contributed by atoms with Gasteiger partial charge >= 0.3 is 0 Å². The first-order chi connectivity index (χ1) is 22.2. The van der Waals surface area contributed by atoms with Crippen molar-refractivity contribution >= 4 is 28.1 Å². The SMILES string of the molecule is C[C@]1(C=O)CCCc2cc3c(cnn3-c3ccc(F)cc3)cc21.C[C@]1(CO)CCCc2cc3c(cnn3-c3ccc(F)cc3)cc21.[V].[W]. The normalized spacial score (nSPS) is 19.7. The number of benzene rings is 4. The topological polar surface area (TPSA) is 72.9 Å². The third-order valence-corrected chi connectivity index (χ3v) is 9.92. The molecule has 6 nitrogen and oxygen atoms in total. The number of fused-ring (bicyclic) bond motifs is 4. The van der Waals surface area contributed by atoms with E-state index in [9.17, 15) is 18.7 Å². The predicted molar refractivity (Wildman–Crippen MR) is 176 cm³/mol. The predicted octanol–water partition coefficient (Wildman–Crippen LogP) is 7.70. The van der Waals surface area contributed by atoms with Crippen molar-refractivity contribution in [2.75, 3.05) is 6.61 Å². The number of halogens is 2. The van der Waals surface area contributed by atoms with E-state index in [0.717, 1.165) is 83.6 Å². The van der Waals surface area contributed by atoms with E-state index in [4.69, 9.17) is 0 Å². The van der Waals surface area contributed by atoms with E-state index in [1.807, 2.05) is 22.5 Å². The van der Waals surface area contributed by atoms with Gasteiger partial charge in [0, 0.05) is 61.2 Å². The number of nitrogens with zero attached hydrogens (tertiary/aromatic N) is 4. The number of aryl methyl sites for hydroxylation is 2. The van der Waals surface area contributed by atoms with Crippen molar-refractivity contribution in [2.45, 2.75) is 63.2 Å². The van der Waals surface area contributed by atoms with Gasteiger partial charge < -0.3 is 9.90 Å². The number of aromatic nitrogens is 4. The van der Waals surface area contributed by atoms with Gasteiger partial charge in [-0.2, -0.15) is 10.2 Å². The van der Waals surface area contributed by atoms with Crippen molar-refractivity contribution in [1.29, 1.82) is 0 Å². The number of hydrogen-bond donors (Lipinski definition) is 1. The van der Waals surface area contributed by atoms with Gasteiger partial charge in [-0.3, -0.25) is 0 Å². The summed E-state index contributed by atoms with van der Waals surface area (Å²) in [7, 11) is 0. The molecule has 0 spiro atoms. The molecule has 8 rings (SSSR count). The molecule has 0 fully saturated rings. The van der Waals surface area contributed by atoms with Gasteiger partial charge in [-0.15, -0.1) is 0 Å². The molecule has 2 atom stereocenters. The molecule has 1 radical (unpaired) electrons. The second-order valence-corrected chi connectivity index (χ2v) is 13.2. The fraction of sp³-hybridized carbons (Fsp3) is 0.289. The Morgan fingerprint density at radius 1 is 0.750 bits per heavy atom. The van der Waals surface area contributed by atoms with Crippen LogP contribution in [0.3, 0.4) is 0 Å². The third kappa shape index (κ3) is 6.48. The Bertz CT molecular complexity index is 2080. The zero-order valence-electron chi connectivity index (χ0n) is 26.9. The maximum Gasteiger partial charge on any atom is 0.130 e. The van der Waals surface area contributed by atoms with Crippen LogP contribution in [0.1, 0.15) is 61.8 Å². The van der Waals surface area contributed by atoms with Crippen molar-refractivity contribution in [1.82, 2.24) is 19.6 Å². The number of aliphatic hydroxyl groups excluding tert-OH is 1. The number of carbonyl (C=O) groups is 1. The monoisotopic (exact) mass is 853 g/mol. The summed E-state index contributed by atoms with van der Waals surface area (Å²) in [6, 6.07) is 21.2. The van der Waals surface area contributed by atoms with Crippen LogP contribution in [0.25, 0.3) is 33.2 Å². The summed E-state index contributed by atoms with van der Waals surface area (Å²) in [5, 5.41) is 20.8. The van der Waals surface area contributed by atoms with E-state index in [2.05, 4.69) is 41.4 Å². The fourth-order valence-corrected chi connectivity index (χ4v) is 7.19. The summed E-state index contributed by atoms with van der Waals surface area (Å²) in [6.45, 7) is 4.30. The molecular formula is C38H36F2N4O2VW. The van der Waals surface area contributed by atoms with Gasteiger partial charge in [0.05, 0.1) is 41.4 Å². The molecule has 245 valence electrons. The van der Waals surface area contributed by atoms with Crippen LogP contribution in [0, 0.1) is 11.6 Å². The van der Waals surface area contributed by atoms with Crippen LogP contribution < -0.4 is 0 Å². The van der Waals surface area contributed by atoms with Crippen LogP contribution in [-0.2, 0) is 68.1 Å². The summed E-state index contributed by atoms with van der Waals surface area (Å²) in [5.74, 6) is -0.509. The molecule has 0 amide bonds. The van der Waals surface area contributed by atoms with Gasteiger partial charge in [-0.1, -0.05) is 6.92 Å². The molecule has 2 aromatic heterocycles. The van der Waals surface area contributed by atoms with E-state index in [0.29, 0.717) is 0 Å². The zero-order chi connectivity index (χ0) is 32.1. The fourth-order valence-electron chi connectivity index (χ4n) is 7.19. The molecule has 2 aliphatic rings. The molecule has 48 heavy (non-hydrogen) atoms. The molecule has 0 aliphatic heterocycles. The minimum Gasteiger partial charge on any atom is -0.395 e. The van der Waals surface area contributed by atoms with Gasteiger partial charge in [-0.25, -0.2) is 18.1 Å². The first-order valence-corrected chi connectivity index (χ1v) is 15.8. The molecule has 0 bridgehead atoms. The third-order valence-electron chi connectivity index (χ3n) is 9.92. The molecular weight excluding hydrogens is 817 g/mol. The number of carbonyl (C=O) groups excluding carboxylic acids is 1. The average molecular weight is 854 g/mol. The van der Waals surface area contributed by atoms with Crippen molar-refractivity contribution in [3.63, 3.8) is 0 Å². The second kappa shape index (κ2) is 14.2. The van der Waals surface area contributed by atoms with Gasteiger partial charge in [-0.05, 0) is 140 Å². The van der Waals surface area contributed by atoms with Crippen molar-refractivity contribution in [3.8, 4) is 11.4 Å². The van der Waals surface area contributed by atoms with Gasteiger partial charge in [0.15, 0.2) is 0 Å². The minimum atomic E-state index is -0.403. The maximum absolute atomic E-state index is 13.1. The van der Waals surface area contributed by atoms with Crippen LogP contribution in [-0.4, -0.2) is 37.6 Å². The van der Waals surface area contributed by atoms with Gasteiger partial charge in [0.2, 0.25) is 0 Å². The van der Waals surface area contributed by atoms with E-state index in [-0.39, 0.29) is 63.3 Å². The van der Waals surface area contributed by atoms with E-state index in [1.165, 1.54) is 41.0 Å². The van der Waals surface area contributed by atoms with Crippen molar-refractivity contribution in [3.05, 3.63) is 119 Å². The number of rotatable bonds is 4. The van der Waals surface area contributed by atoms with Crippen LogP contribution in [0.5, 0.6) is 0 Å². The number of hydrogen-bond acceptors (Lipinski definition) is 4. The van der Waals surface area contributed by atoms with Gasteiger partial charge in [0.1, 0.15) is 17.9 Å². The maximum atomic E-state index is 13.1. The number of aliphatic hydroxyl groups is 1. The molecule has 10 heteroatoms. The van der Waals surface area contributed by atoms with Crippen LogP contribution in [0.4, 0.5) is 8.78 Å². The molecule has 6 aromatic rings. The first kappa shape index (κ1) is 35.9. The Hall–Kier alpha value is -3.42. The van der Waals surface area contributed by atoms with Crippen LogP contribution in [0.15, 0.2) is 85.2 Å². The van der Waals surface area contributed by atoms with E-state index < -0.39 is 5.41 Å². The van der Waals surface area contributed by atoms with Crippen LogP contribution >= 0.6 is 0 Å². The Morgan fingerprint density at radius 3 is 1.69 bits per heavy atom. The standard InChI is InChI=1S/C19H19FN2O.C19H17FN2O.V.W/c2*1-19(12-23)8-2-3-13-10-18-14(9-17(13)19)11-21-22(18)16-6-4-15(20)5-7-16;;/h4-7,9-11,23H,2-3,8,12H2,1H3;4-7,9-12H,2-3,8H2,1H3;;/t2*19-;;/m11../s1. The number of aldehydes is 1. The smallest absolute Gasteiger partial charge is 0.130 e. The van der Waals surface area contributed by atoms with E-state index >= 15 is 0 Å². The van der Waals surface area contributed by atoms with E-state index in [1.54, 1.807) is 30.5 Å². The largest absolute Gasteiger partial charge is 0.395 e. The van der Waals surface area contributed by atoms with Crippen molar-refractivity contribution in [2.24, 2.45) is 0 Å². The Labute approximate surface area is 304 Å². The summed E-state index contributed by atoms with van der Waals surface area (Å²) in [6.07, 6.45) is 10.7. The second-order valence-electron chi connectivity index (χ2n) is 13.2. The average Bonchev–Trinajstić information content (AvgIpc) is 3.68. The Morgan fingerprint density at radius 2 is 1.21 bits per heavy atom. The Balaban J connectivity index is 0.000000180. The molecule has 4 aromatic carbocycles. The quantitative estimate of drug-likeness (QED) is 0.185.